The summed E-state index contributed by atoms with van der Waals surface area (Å²) < 4.78 is 5.74. The molecule has 0 aliphatic carbocycles. The fourth-order valence-electron chi connectivity index (χ4n) is 4.53. The molecule has 0 fully saturated rings. The van der Waals surface area contributed by atoms with Crippen molar-refractivity contribution in [2.45, 2.75) is 65.5 Å². The second-order valence-corrected chi connectivity index (χ2v) is 9.56. The standard InChI is InChI=1S/C31H39N3O5/c1-4-6-8-16-26(27(5-2)34(22-35)38-20-24-13-9-7-10-14-24)30(36)32-21-33-31(37)29-18-17-28(39-29)25-15-11-12-23(3)19-25/h7,9-15,17-19,22,26-27H,4-6,8,16,20-21H2,1-3H3,(H,32,36)(H,33,37)/t26-,27-/m1/s1. The van der Waals surface area contributed by atoms with Crippen LogP contribution in [-0.4, -0.2) is 36.0 Å². The number of hydroxylamine groups is 2. The van der Waals surface area contributed by atoms with Gasteiger partial charge in [-0.3, -0.25) is 19.2 Å². The van der Waals surface area contributed by atoms with Crippen LogP contribution in [0.25, 0.3) is 11.3 Å². The predicted molar refractivity (Wildman–Crippen MR) is 150 cm³/mol. The van der Waals surface area contributed by atoms with E-state index in [1.54, 1.807) is 12.1 Å². The van der Waals surface area contributed by atoms with Crippen molar-refractivity contribution in [3.63, 3.8) is 0 Å². The molecule has 3 aromatic rings. The first kappa shape index (κ1) is 29.6. The summed E-state index contributed by atoms with van der Waals surface area (Å²) in [6, 6.07) is 20.3. The molecule has 0 saturated heterocycles. The Morgan fingerprint density at radius 1 is 1.00 bits per heavy atom. The zero-order chi connectivity index (χ0) is 28.0. The molecule has 0 radical (unpaired) electrons. The molecule has 3 amide bonds. The van der Waals surface area contributed by atoms with Gasteiger partial charge in [0, 0.05) is 5.56 Å². The van der Waals surface area contributed by atoms with E-state index in [9.17, 15) is 14.4 Å². The monoisotopic (exact) mass is 533 g/mol. The van der Waals surface area contributed by atoms with Crippen molar-refractivity contribution >= 4 is 18.2 Å². The molecule has 208 valence electrons. The van der Waals surface area contributed by atoms with Crippen molar-refractivity contribution in [1.29, 1.82) is 0 Å². The minimum Gasteiger partial charge on any atom is -0.451 e. The number of amides is 3. The largest absolute Gasteiger partial charge is 0.451 e. The molecule has 0 aliphatic heterocycles. The highest BCUT2D eigenvalue weighted by atomic mass is 16.7. The van der Waals surface area contributed by atoms with Gasteiger partial charge in [0.25, 0.3) is 5.91 Å². The smallest absolute Gasteiger partial charge is 0.288 e. The van der Waals surface area contributed by atoms with Crippen LogP contribution in [0, 0.1) is 12.8 Å². The van der Waals surface area contributed by atoms with Gasteiger partial charge in [0.1, 0.15) is 12.4 Å². The van der Waals surface area contributed by atoms with Crippen molar-refractivity contribution in [2.24, 2.45) is 5.92 Å². The van der Waals surface area contributed by atoms with Crippen LogP contribution in [0.4, 0.5) is 0 Å². The summed E-state index contributed by atoms with van der Waals surface area (Å²) in [5, 5.41) is 6.77. The summed E-state index contributed by atoms with van der Waals surface area (Å²) in [5.74, 6) is -0.402. The van der Waals surface area contributed by atoms with Gasteiger partial charge in [-0.05, 0) is 43.5 Å². The lowest BCUT2D eigenvalue weighted by molar-refractivity contribution is -0.200. The number of benzene rings is 2. The molecule has 2 atom stereocenters. The number of nitrogens with zero attached hydrogens (tertiary/aromatic N) is 1. The molecule has 3 rings (SSSR count). The van der Waals surface area contributed by atoms with Gasteiger partial charge in [-0.2, -0.15) is 0 Å². The third-order valence-electron chi connectivity index (χ3n) is 6.64. The molecule has 8 nitrogen and oxygen atoms in total. The van der Waals surface area contributed by atoms with Crippen molar-refractivity contribution in [1.82, 2.24) is 15.7 Å². The van der Waals surface area contributed by atoms with E-state index >= 15 is 0 Å². The maximum absolute atomic E-state index is 13.3. The highest BCUT2D eigenvalue weighted by Crippen LogP contribution is 2.24. The molecule has 0 saturated carbocycles. The first-order valence-corrected chi connectivity index (χ1v) is 13.6. The number of carbonyl (C=O) groups excluding carboxylic acids is 3. The molecule has 1 heterocycles. The van der Waals surface area contributed by atoms with Gasteiger partial charge in [-0.15, -0.1) is 0 Å². The minimum absolute atomic E-state index is 0.0647. The molecule has 1 aromatic heterocycles. The number of furan rings is 1. The van der Waals surface area contributed by atoms with E-state index in [-0.39, 0.29) is 24.9 Å². The molecule has 8 heteroatoms. The highest BCUT2D eigenvalue weighted by Gasteiger charge is 2.32. The van der Waals surface area contributed by atoms with Crippen molar-refractivity contribution < 1.29 is 23.6 Å². The van der Waals surface area contributed by atoms with Crippen LogP contribution < -0.4 is 10.6 Å². The summed E-state index contributed by atoms with van der Waals surface area (Å²) >= 11 is 0. The quantitative estimate of drug-likeness (QED) is 0.108. The summed E-state index contributed by atoms with van der Waals surface area (Å²) in [5.41, 5.74) is 2.91. The fourth-order valence-corrected chi connectivity index (χ4v) is 4.53. The Hall–Kier alpha value is -3.91. The van der Waals surface area contributed by atoms with E-state index < -0.39 is 17.9 Å². The molecule has 39 heavy (non-hydrogen) atoms. The van der Waals surface area contributed by atoms with Gasteiger partial charge in [-0.1, -0.05) is 87.2 Å². The Labute approximate surface area is 230 Å². The number of aryl methyl sites for hydroxylation is 1. The van der Waals surface area contributed by atoms with Crippen LogP contribution in [0.15, 0.2) is 71.1 Å². The first-order valence-electron chi connectivity index (χ1n) is 13.6. The third-order valence-corrected chi connectivity index (χ3v) is 6.64. The molecule has 0 unspecified atom stereocenters. The van der Waals surface area contributed by atoms with Gasteiger partial charge in [-0.25, -0.2) is 5.06 Å². The number of rotatable bonds is 16. The molecular weight excluding hydrogens is 494 g/mol. The number of carbonyl (C=O) groups is 3. The molecule has 2 aromatic carbocycles. The average Bonchev–Trinajstić information content (AvgIpc) is 3.45. The van der Waals surface area contributed by atoms with Crippen LogP contribution in [0.1, 0.15) is 67.6 Å². The number of hydrogen-bond donors (Lipinski definition) is 2. The summed E-state index contributed by atoms with van der Waals surface area (Å²) in [4.78, 5) is 43.7. The fraction of sp³-hybridized carbons (Fsp3) is 0.387. The van der Waals surface area contributed by atoms with Gasteiger partial charge in [0.05, 0.1) is 18.6 Å². The number of unbranched alkanes of at least 4 members (excludes halogenated alkanes) is 2. The topological polar surface area (TPSA) is 101 Å². The van der Waals surface area contributed by atoms with Crippen LogP contribution in [-0.2, 0) is 21.0 Å². The Balaban J connectivity index is 1.60. The Morgan fingerprint density at radius 3 is 2.49 bits per heavy atom. The van der Waals surface area contributed by atoms with E-state index in [0.29, 0.717) is 25.0 Å². The first-order chi connectivity index (χ1) is 19.0. The lowest BCUT2D eigenvalue weighted by Crippen LogP contribution is -2.48. The minimum atomic E-state index is -0.490. The van der Waals surface area contributed by atoms with Crippen LogP contribution in [0.5, 0.6) is 0 Å². The van der Waals surface area contributed by atoms with Crippen LogP contribution in [0.2, 0.25) is 0 Å². The summed E-state index contributed by atoms with van der Waals surface area (Å²) in [7, 11) is 0. The molecular formula is C31H39N3O5. The van der Waals surface area contributed by atoms with Crippen LogP contribution in [0.3, 0.4) is 0 Å². The zero-order valence-corrected chi connectivity index (χ0v) is 23.0. The normalized spacial score (nSPS) is 12.4. The highest BCUT2D eigenvalue weighted by molar-refractivity contribution is 5.92. The second-order valence-electron chi connectivity index (χ2n) is 9.56. The summed E-state index contributed by atoms with van der Waals surface area (Å²) in [6.45, 7) is 6.18. The van der Waals surface area contributed by atoms with Crippen molar-refractivity contribution in [3.8, 4) is 11.3 Å². The van der Waals surface area contributed by atoms with Crippen molar-refractivity contribution in [3.05, 3.63) is 83.6 Å². The zero-order valence-electron chi connectivity index (χ0n) is 23.0. The van der Waals surface area contributed by atoms with Gasteiger partial charge < -0.3 is 15.1 Å². The average molecular weight is 534 g/mol. The maximum Gasteiger partial charge on any atom is 0.288 e. The second kappa shape index (κ2) is 15.5. The lowest BCUT2D eigenvalue weighted by Gasteiger charge is -2.32. The summed E-state index contributed by atoms with van der Waals surface area (Å²) in [6.07, 6.45) is 4.61. The SMILES string of the molecule is CCCCC[C@@H](C(=O)NCNC(=O)c1ccc(-c2cccc(C)c2)o1)[C@@H](CC)N(C=O)OCc1ccccc1. The van der Waals surface area contributed by atoms with Gasteiger partial charge >= 0.3 is 0 Å². The van der Waals surface area contributed by atoms with E-state index in [0.717, 1.165) is 36.0 Å². The van der Waals surface area contributed by atoms with E-state index in [2.05, 4.69) is 17.6 Å². The third kappa shape index (κ3) is 8.82. The lowest BCUT2D eigenvalue weighted by atomic mass is 9.90. The van der Waals surface area contributed by atoms with Crippen molar-refractivity contribution in [2.75, 3.05) is 6.67 Å². The predicted octanol–water partition coefficient (Wildman–Crippen LogP) is 5.62. The Kier molecular flexibility index (Phi) is 11.8. The van der Waals surface area contributed by atoms with E-state index in [4.69, 9.17) is 9.25 Å². The van der Waals surface area contributed by atoms with Gasteiger partial charge in [0.15, 0.2) is 5.76 Å². The Morgan fingerprint density at radius 2 is 1.79 bits per heavy atom. The molecule has 0 aliphatic rings. The van der Waals surface area contributed by atoms with Gasteiger partial charge in [0.2, 0.25) is 12.3 Å². The van der Waals surface area contributed by atoms with E-state index in [1.807, 2.05) is 68.4 Å². The molecule has 2 N–H and O–H groups in total. The number of hydrogen-bond acceptors (Lipinski definition) is 5. The molecule has 0 spiro atoms. The Bertz CT molecular complexity index is 1190. The van der Waals surface area contributed by atoms with Crippen LogP contribution >= 0.6 is 0 Å². The van der Waals surface area contributed by atoms with E-state index in [1.165, 1.54) is 5.06 Å². The number of nitrogens with one attached hydrogen (secondary N) is 2. The molecule has 0 bridgehead atoms. The maximum atomic E-state index is 13.3.